The van der Waals surface area contributed by atoms with Gasteiger partial charge in [-0.05, 0) is 11.1 Å². The molecule has 0 spiro atoms. The van der Waals surface area contributed by atoms with Crippen molar-refractivity contribution in [3.05, 3.63) is 71.8 Å². The van der Waals surface area contributed by atoms with Gasteiger partial charge in [-0.1, -0.05) is 60.7 Å². The van der Waals surface area contributed by atoms with Gasteiger partial charge in [-0.25, -0.2) is 4.79 Å². The summed E-state index contributed by atoms with van der Waals surface area (Å²) in [6.07, 6.45) is 0. The van der Waals surface area contributed by atoms with Gasteiger partial charge in [-0.15, -0.1) is 0 Å². The second kappa shape index (κ2) is 5.54. The summed E-state index contributed by atoms with van der Waals surface area (Å²) in [4.78, 5) is 11.3. The molecule has 2 rings (SSSR count). The van der Waals surface area contributed by atoms with Gasteiger partial charge in [-0.3, -0.25) is 0 Å². The summed E-state index contributed by atoms with van der Waals surface area (Å²) in [7, 11) is 0. The van der Waals surface area contributed by atoms with Gasteiger partial charge in [0.1, 0.15) is 5.54 Å². The van der Waals surface area contributed by atoms with E-state index in [1.165, 1.54) is 0 Å². The Bertz CT molecular complexity index is 501. The van der Waals surface area contributed by atoms with Crippen LogP contribution in [-0.4, -0.2) is 17.7 Å². The fraction of sp³-hybridized carbons (Fsp3) is 0.133. The van der Waals surface area contributed by atoms with Crippen LogP contribution in [0.3, 0.4) is 0 Å². The van der Waals surface area contributed by atoms with Gasteiger partial charge < -0.3 is 16.2 Å². The molecule has 0 bridgehead atoms. The zero-order valence-corrected chi connectivity index (χ0v) is 10.4. The monoisotopic (exact) mass is 256 g/mol. The van der Waals surface area contributed by atoms with Crippen molar-refractivity contribution >= 4 is 6.03 Å². The van der Waals surface area contributed by atoms with Crippen LogP contribution in [0.2, 0.25) is 0 Å². The predicted octanol–water partition coefficient (Wildman–Crippen LogP) is 1.59. The van der Waals surface area contributed by atoms with E-state index < -0.39 is 11.6 Å². The van der Waals surface area contributed by atoms with E-state index in [1.54, 1.807) is 0 Å². The Hall–Kier alpha value is -2.33. The molecule has 4 heteroatoms. The summed E-state index contributed by atoms with van der Waals surface area (Å²) < 4.78 is 0. The van der Waals surface area contributed by atoms with E-state index in [1.807, 2.05) is 60.7 Å². The minimum atomic E-state index is -1.02. The topological polar surface area (TPSA) is 75.4 Å². The van der Waals surface area contributed by atoms with E-state index in [-0.39, 0.29) is 6.61 Å². The van der Waals surface area contributed by atoms with Crippen LogP contribution in [-0.2, 0) is 5.54 Å². The molecule has 0 aliphatic heterocycles. The molecule has 4 nitrogen and oxygen atoms in total. The van der Waals surface area contributed by atoms with E-state index in [4.69, 9.17) is 5.73 Å². The van der Waals surface area contributed by atoms with Gasteiger partial charge in [0.15, 0.2) is 0 Å². The van der Waals surface area contributed by atoms with E-state index in [0.717, 1.165) is 11.1 Å². The number of aliphatic hydroxyl groups is 1. The van der Waals surface area contributed by atoms with Gasteiger partial charge in [0.2, 0.25) is 0 Å². The van der Waals surface area contributed by atoms with Crippen LogP contribution < -0.4 is 11.1 Å². The Labute approximate surface area is 111 Å². The average molecular weight is 256 g/mol. The first-order chi connectivity index (χ1) is 9.19. The third-order valence-corrected chi connectivity index (χ3v) is 3.11. The fourth-order valence-electron chi connectivity index (χ4n) is 2.19. The Balaban J connectivity index is 2.58. The normalized spacial score (nSPS) is 11.0. The summed E-state index contributed by atoms with van der Waals surface area (Å²) in [6, 6.07) is 17.9. The Morgan fingerprint density at radius 1 is 1.00 bits per heavy atom. The highest BCUT2D eigenvalue weighted by atomic mass is 16.3. The number of benzene rings is 2. The van der Waals surface area contributed by atoms with E-state index >= 15 is 0 Å². The van der Waals surface area contributed by atoms with Gasteiger partial charge >= 0.3 is 6.03 Å². The molecule has 0 radical (unpaired) electrons. The van der Waals surface area contributed by atoms with Crippen LogP contribution in [0.25, 0.3) is 0 Å². The van der Waals surface area contributed by atoms with Gasteiger partial charge in [0, 0.05) is 0 Å². The fourth-order valence-corrected chi connectivity index (χ4v) is 2.19. The van der Waals surface area contributed by atoms with Gasteiger partial charge in [0.25, 0.3) is 0 Å². The van der Waals surface area contributed by atoms with Crippen molar-refractivity contribution in [2.45, 2.75) is 5.54 Å². The number of amides is 2. The maximum atomic E-state index is 11.3. The first kappa shape index (κ1) is 13.1. The Kier molecular flexibility index (Phi) is 3.82. The first-order valence-electron chi connectivity index (χ1n) is 5.98. The van der Waals surface area contributed by atoms with Crippen LogP contribution in [0, 0.1) is 0 Å². The SMILES string of the molecule is NC(=O)NC(CO)(c1ccccc1)c1ccccc1. The van der Waals surface area contributed by atoms with Crippen molar-refractivity contribution in [1.29, 1.82) is 0 Å². The molecule has 0 heterocycles. The number of primary amides is 1. The number of carbonyl (C=O) groups excluding carboxylic acids is 1. The molecule has 4 N–H and O–H groups in total. The van der Waals surface area contributed by atoms with Crippen molar-refractivity contribution in [3.63, 3.8) is 0 Å². The lowest BCUT2D eigenvalue weighted by molar-refractivity contribution is 0.187. The number of carbonyl (C=O) groups is 1. The summed E-state index contributed by atoms with van der Waals surface area (Å²) in [5, 5.41) is 12.5. The summed E-state index contributed by atoms with van der Waals surface area (Å²) in [5.41, 5.74) is 5.81. The number of aliphatic hydroxyl groups excluding tert-OH is 1. The van der Waals surface area contributed by atoms with Gasteiger partial charge in [0.05, 0.1) is 6.61 Å². The lowest BCUT2D eigenvalue weighted by Gasteiger charge is -2.33. The molecule has 0 saturated heterocycles. The molecule has 98 valence electrons. The molecule has 2 amide bonds. The summed E-state index contributed by atoms with van der Waals surface area (Å²) in [6.45, 7) is -0.274. The third-order valence-electron chi connectivity index (χ3n) is 3.11. The van der Waals surface area contributed by atoms with Gasteiger partial charge in [-0.2, -0.15) is 0 Å². The molecule has 0 aliphatic rings. The first-order valence-corrected chi connectivity index (χ1v) is 5.98. The molecule has 2 aromatic rings. The van der Waals surface area contributed by atoms with E-state index in [9.17, 15) is 9.90 Å². The molecule has 0 aliphatic carbocycles. The highest BCUT2D eigenvalue weighted by Gasteiger charge is 2.34. The summed E-state index contributed by atoms with van der Waals surface area (Å²) >= 11 is 0. The average Bonchev–Trinajstić information content (AvgIpc) is 2.46. The van der Waals surface area contributed by atoms with Crippen molar-refractivity contribution in [2.24, 2.45) is 5.73 Å². The standard InChI is InChI=1S/C15H16N2O2/c16-14(19)17-15(11-18,12-7-3-1-4-8-12)13-9-5-2-6-10-13/h1-10,18H,11H2,(H3,16,17,19). The number of hydrogen-bond acceptors (Lipinski definition) is 2. The summed E-state index contributed by atoms with van der Waals surface area (Å²) in [5.74, 6) is 0. The Morgan fingerprint density at radius 2 is 1.42 bits per heavy atom. The molecule has 0 fully saturated rings. The van der Waals surface area contributed by atoms with Crippen LogP contribution in [0.15, 0.2) is 60.7 Å². The number of hydrogen-bond donors (Lipinski definition) is 3. The quantitative estimate of drug-likeness (QED) is 0.777. The molecular weight excluding hydrogens is 240 g/mol. The second-order valence-corrected chi connectivity index (χ2v) is 4.28. The van der Waals surface area contributed by atoms with E-state index in [0.29, 0.717) is 0 Å². The number of nitrogens with one attached hydrogen (secondary N) is 1. The van der Waals surface area contributed by atoms with Crippen LogP contribution in [0.5, 0.6) is 0 Å². The maximum absolute atomic E-state index is 11.3. The van der Waals surface area contributed by atoms with Crippen molar-refractivity contribution in [1.82, 2.24) is 5.32 Å². The molecule has 0 aromatic heterocycles. The number of rotatable bonds is 4. The largest absolute Gasteiger partial charge is 0.393 e. The minimum Gasteiger partial charge on any atom is -0.393 e. The maximum Gasteiger partial charge on any atom is 0.313 e. The second-order valence-electron chi connectivity index (χ2n) is 4.28. The Morgan fingerprint density at radius 3 is 1.74 bits per heavy atom. The van der Waals surface area contributed by atoms with Crippen LogP contribution >= 0.6 is 0 Å². The zero-order chi connectivity index (χ0) is 13.7. The number of urea groups is 1. The molecular formula is C15H16N2O2. The molecule has 0 saturated carbocycles. The van der Waals surface area contributed by atoms with Crippen molar-refractivity contribution in [2.75, 3.05) is 6.61 Å². The predicted molar refractivity (Wildman–Crippen MR) is 73.5 cm³/mol. The molecule has 2 aromatic carbocycles. The molecule has 0 atom stereocenters. The van der Waals surface area contributed by atoms with Crippen LogP contribution in [0.1, 0.15) is 11.1 Å². The highest BCUT2D eigenvalue weighted by Crippen LogP contribution is 2.29. The highest BCUT2D eigenvalue weighted by molar-refractivity contribution is 5.74. The van der Waals surface area contributed by atoms with E-state index in [2.05, 4.69) is 5.32 Å². The van der Waals surface area contributed by atoms with Crippen molar-refractivity contribution < 1.29 is 9.90 Å². The molecule has 0 unspecified atom stereocenters. The lowest BCUT2D eigenvalue weighted by Crippen LogP contribution is -2.51. The molecule has 19 heavy (non-hydrogen) atoms. The zero-order valence-electron chi connectivity index (χ0n) is 10.4. The third kappa shape index (κ3) is 2.58. The van der Waals surface area contributed by atoms with Crippen LogP contribution in [0.4, 0.5) is 4.79 Å². The van der Waals surface area contributed by atoms with Crippen molar-refractivity contribution in [3.8, 4) is 0 Å². The lowest BCUT2D eigenvalue weighted by atomic mass is 9.83. The number of nitrogens with two attached hydrogens (primary N) is 1. The minimum absolute atomic E-state index is 0.274. The smallest absolute Gasteiger partial charge is 0.313 e.